The van der Waals surface area contributed by atoms with Gasteiger partial charge in [0.15, 0.2) is 9.87 Å². The quantitative estimate of drug-likeness (QED) is 0.0443. The van der Waals surface area contributed by atoms with Crippen LogP contribution in [0.4, 0.5) is 0 Å². The fraction of sp³-hybridized carbons (Fsp3) is 0.909. The summed E-state index contributed by atoms with van der Waals surface area (Å²) >= 11 is 19.1. The molecule has 32 heavy (non-hydrogen) atoms. The van der Waals surface area contributed by atoms with E-state index in [1.807, 2.05) is 0 Å². The SMILES string of the molecule is CCCCCC(CCCC)(OC(=S)S)SSSSC(CCCC)(CCCCC)OC(=S)S. The lowest BCUT2D eigenvalue weighted by Crippen LogP contribution is -2.29. The first-order valence-electron chi connectivity index (χ1n) is 11.8. The summed E-state index contributed by atoms with van der Waals surface area (Å²) in [7, 11) is 7.12. The van der Waals surface area contributed by atoms with Crippen LogP contribution in [-0.2, 0) is 9.47 Å². The topological polar surface area (TPSA) is 18.5 Å². The van der Waals surface area contributed by atoms with Crippen LogP contribution in [0.15, 0.2) is 0 Å². The molecule has 0 fully saturated rings. The van der Waals surface area contributed by atoms with Crippen molar-refractivity contribution in [3.8, 4) is 0 Å². The first-order chi connectivity index (χ1) is 15.3. The second-order valence-corrected chi connectivity index (χ2v) is 16.5. The van der Waals surface area contributed by atoms with Gasteiger partial charge in [-0.05, 0) is 117 Å². The summed E-state index contributed by atoms with van der Waals surface area (Å²) in [6.45, 7) is 8.89. The Morgan fingerprint density at radius 1 is 0.594 bits per heavy atom. The molecule has 190 valence electrons. The van der Waals surface area contributed by atoms with E-state index in [1.165, 1.54) is 25.7 Å². The van der Waals surface area contributed by atoms with E-state index in [0.29, 0.717) is 8.77 Å². The molecule has 0 aromatic rings. The van der Waals surface area contributed by atoms with Crippen LogP contribution in [0.2, 0.25) is 0 Å². The van der Waals surface area contributed by atoms with E-state index in [0.717, 1.165) is 64.2 Å². The number of ether oxygens (including phenoxy) is 2. The molecule has 0 saturated carbocycles. The van der Waals surface area contributed by atoms with E-state index in [4.69, 9.17) is 33.9 Å². The summed E-state index contributed by atoms with van der Waals surface area (Å²) in [5.41, 5.74) is 0. The summed E-state index contributed by atoms with van der Waals surface area (Å²) in [6, 6.07) is 0. The Labute approximate surface area is 234 Å². The van der Waals surface area contributed by atoms with Crippen LogP contribution in [0.1, 0.15) is 118 Å². The van der Waals surface area contributed by atoms with Crippen LogP contribution in [0, 0.1) is 0 Å². The van der Waals surface area contributed by atoms with Gasteiger partial charge in [-0.25, -0.2) is 0 Å². The maximum atomic E-state index is 6.18. The minimum atomic E-state index is -0.323. The first-order valence-corrected chi connectivity index (χ1v) is 18.4. The molecule has 0 aliphatic rings. The molecular formula is C22H42O2S8. The van der Waals surface area contributed by atoms with E-state index in [9.17, 15) is 0 Å². The minimum absolute atomic E-state index is 0.323. The molecule has 0 radical (unpaired) electrons. The van der Waals surface area contributed by atoms with E-state index in [2.05, 4.69) is 53.0 Å². The number of rotatable bonds is 21. The Hall–Kier alpha value is 1.88. The van der Waals surface area contributed by atoms with E-state index in [-0.39, 0.29) is 9.87 Å². The third-order valence-corrected chi connectivity index (χ3v) is 12.8. The van der Waals surface area contributed by atoms with Gasteiger partial charge in [0.2, 0.25) is 8.77 Å². The highest BCUT2D eigenvalue weighted by Crippen LogP contribution is 2.57. The molecule has 10 heteroatoms. The van der Waals surface area contributed by atoms with Crippen LogP contribution in [-0.4, -0.2) is 18.6 Å². The van der Waals surface area contributed by atoms with Gasteiger partial charge in [0.05, 0.1) is 0 Å². The number of thiocarbonyl (C=S) groups is 2. The maximum Gasteiger partial charge on any atom is 0.218 e. The standard InChI is InChI=1S/C22H42O2S8/c1-5-9-13-17-21(15-11-7-3,23-19(25)26)29-31-32-30-22(16-12-8-4,24-20(27)28)18-14-10-6-2/h5-18H2,1-4H3,(H,25,26)(H,27,28). The van der Waals surface area contributed by atoms with Gasteiger partial charge in [-0.3, -0.25) is 0 Å². The van der Waals surface area contributed by atoms with E-state index < -0.39 is 0 Å². The Morgan fingerprint density at radius 2 is 0.906 bits per heavy atom. The molecule has 2 atom stereocenters. The molecular weight excluding hydrogens is 553 g/mol. The van der Waals surface area contributed by atoms with Gasteiger partial charge < -0.3 is 9.47 Å². The normalized spacial score (nSPS) is 15.1. The van der Waals surface area contributed by atoms with Crippen molar-refractivity contribution in [2.45, 2.75) is 127 Å². The molecule has 0 amide bonds. The third-order valence-electron chi connectivity index (χ3n) is 5.09. The maximum absolute atomic E-state index is 6.18. The number of hydrogen-bond acceptors (Lipinski definition) is 8. The summed E-state index contributed by atoms with van der Waals surface area (Å²) in [6.07, 6.45) is 15.5. The molecule has 0 N–H and O–H groups in total. The highest BCUT2D eigenvalue weighted by atomic mass is 33.7. The predicted molar refractivity (Wildman–Crippen MR) is 168 cm³/mol. The minimum Gasteiger partial charge on any atom is -0.460 e. The van der Waals surface area contributed by atoms with E-state index >= 15 is 0 Å². The van der Waals surface area contributed by atoms with Gasteiger partial charge in [-0.1, -0.05) is 91.5 Å². The van der Waals surface area contributed by atoms with Gasteiger partial charge in [0.1, 0.15) is 0 Å². The largest absolute Gasteiger partial charge is 0.460 e. The van der Waals surface area contributed by atoms with Crippen molar-refractivity contribution < 1.29 is 9.47 Å². The highest BCUT2D eigenvalue weighted by Gasteiger charge is 2.36. The van der Waals surface area contributed by atoms with Crippen LogP contribution in [0.5, 0.6) is 0 Å². The molecule has 0 spiro atoms. The van der Waals surface area contributed by atoms with Gasteiger partial charge in [0, 0.05) is 0 Å². The average Bonchev–Trinajstić information content (AvgIpc) is 2.73. The second kappa shape index (κ2) is 21.0. The third kappa shape index (κ3) is 16.5. The van der Waals surface area contributed by atoms with Crippen molar-refractivity contribution in [2.24, 2.45) is 0 Å². The lowest BCUT2D eigenvalue weighted by Gasteiger charge is -2.34. The number of hydrogen-bond donors (Lipinski definition) is 2. The number of unbranched alkanes of at least 4 members (excludes halogenated alkanes) is 6. The van der Waals surface area contributed by atoms with Gasteiger partial charge >= 0.3 is 0 Å². The molecule has 0 aromatic heterocycles. The van der Waals surface area contributed by atoms with Crippen LogP contribution >= 0.6 is 90.9 Å². The molecule has 0 rings (SSSR count). The van der Waals surface area contributed by atoms with E-state index in [1.54, 1.807) is 41.2 Å². The lowest BCUT2D eigenvalue weighted by atomic mass is 10.0. The summed E-state index contributed by atoms with van der Waals surface area (Å²) in [5.74, 6) is 0. The monoisotopic (exact) mass is 594 g/mol. The first kappa shape index (κ1) is 33.9. The van der Waals surface area contributed by atoms with Crippen molar-refractivity contribution in [3.63, 3.8) is 0 Å². The Balaban J connectivity index is 5.23. The van der Waals surface area contributed by atoms with Crippen molar-refractivity contribution in [2.75, 3.05) is 0 Å². The van der Waals surface area contributed by atoms with Gasteiger partial charge in [0.25, 0.3) is 0 Å². The fourth-order valence-electron chi connectivity index (χ4n) is 3.31. The molecule has 0 bridgehead atoms. The highest BCUT2D eigenvalue weighted by molar-refractivity contribution is 9.26. The van der Waals surface area contributed by atoms with Crippen LogP contribution in [0.25, 0.3) is 0 Å². The zero-order chi connectivity index (χ0) is 24.3. The zero-order valence-electron chi connectivity index (χ0n) is 20.1. The Morgan fingerprint density at radius 3 is 1.19 bits per heavy atom. The predicted octanol–water partition coefficient (Wildman–Crippen LogP) is 11.1. The van der Waals surface area contributed by atoms with Crippen molar-refractivity contribution in [1.29, 1.82) is 0 Å². The average molecular weight is 595 g/mol. The van der Waals surface area contributed by atoms with Crippen molar-refractivity contribution in [1.82, 2.24) is 0 Å². The summed E-state index contributed by atoms with van der Waals surface area (Å²) in [4.78, 5) is -0.646. The summed E-state index contributed by atoms with van der Waals surface area (Å²) in [5, 5.41) is 0. The smallest absolute Gasteiger partial charge is 0.218 e. The zero-order valence-corrected chi connectivity index (χ0v) is 26.7. The van der Waals surface area contributed by atoms with Crippen molar-refractivity contribution in [3.05, 3.63) is 0 Å². The van der Waals surface area contributed by atoms with Crippen LogP contribution in [0.3, 0.4) is 0 Å². The number of thiol groups is 2. The van der Waals surface area contributed by atoms with Gasteiger partial charge in [-0.15, -0.1) is 0 Å². The van der Waals surface area contributed by atoms with Gasteiger partial charge in [-0.2, -0.15) is 0 Å². The summed E-state index contributed by atoms with van der Waals surface area (Å²) < 4.78 is 13.0. The fourth-order valence-corrected chi connectivity index (χ4v) is 12.0. The molecule has 0 heterocycles. The molecule has 0 saturated heterocycles. The molecule has 0 aliphatic heterocycles. The molecule has 2 nitrogen and oxygen atoms in total. The Kier molecular flexibility index (Phi) is 22.2. The van der Waals surface area contributed by atoms with Crippen LogP contribution < -0.4 is 0 Å². The second-order valence-electron chi connectivity index (χ2n) is 7.98. The molecule has 0 aliphatic carbocycles. The molecule has 0 aromatic carbocycles. The molecule has 2 unspecified atom stereocenters. The Bertz CT molecular complexity index is 464. The van der Waals surface area contributed by atoms with Crippen molar-refractivity contribution >= 4 is 99.7 Å². The lowest BCUT2D eigenvalue weighted by molar-refractivity contribution is 0.137.